The third kappa shape index (κ3) is 5.72. The molecule has 1 saturated carbocycles. The zero-order valence-corrected chi connectivity index (χ0v) is 20.6. The van der Waals surface area contributed by atoms with Gasteiger partial charge < -0.3 is 5.32 Å². The molecule has 0 radical (unpaired) electrons. The lowest BCUT2D eigenvalue weighted by atomic mass is 10.1. The van der Waals surface area contributed by atoms with Crippen molar-refractivity contribution >= 4 is 28.8 Å². The molecule has 37 heavy (non-hydrogen) atoms. The summed E-state index contributed by atoms with van der Waals surface area (Å²) >= 11 is 1.34. The fourth-order valence-corrected chi connectivity index (χ4v) is 5.27. The van der Waals surface area contributed by atoms with Crippen LogP contribution in [0.25, 0.3) is 11.4 Å². The van der Waals surface area contributed by atoms with Crippen LogP contribution >= 0.6 is 11.3 Å². The average molecular weight is 523 g/mol. The quantitative estimate of drug-likeness (QED) is 0.368. The first-order chi connectivity index (χ1) is 18.0. The topological polar surface area (TPSA) is 93.0 Å². The Hall–Kier alpha value is -3.99. The molecule has 1 fully saturated rings. The van der Waals surface area contributed by atoms with Gasteiger partial charge in [0.2, 0.25) is 11.7 Å². The molecular weight excluding hydrogens is 498 g/mol. The van der Waals surface area contributed by atoms with Gasteiger partial charge in [0.25, 0.3) is 5.91 Å². The maximum absolute atomic E-state index is 14.3. The van der Waals surface area contributed by atoms with E-state index in [2.05, 4.69) is 20.7 Å². The van der Waals surface area contributed by atoms with E-state index in [4.69, 9.17) is 0 Å². The Morgan fingerprint density at radius 1 is 1.05 bits per heavy atom. The third-order valence-corrected chi connectivity index (χ3v) is 7.13. The molecular formula is C26H24F2N6O2S. The fraction of sp³-hybridized carbons (Fsp3) is 0.269. The molecule has 0 saturated heterocycles. The Bertz CT molecular complexity index is 1370. The van der Waals surface area contributed by atoms with Gasteiger partial charge in [0.15, 0.2) is 0 Å². The van der Waals surface area contributed by atoms with E-state index in [1.165, 1.54) is 58.7 Å². The van der Waals surface area contributed by atoms with Crippen molar-refractivity contribution in [1.82, 2.24) is 25.5 Å². The summed E-state index contributed by atoms with van der Waals surface area (Å²) in [7, 11) is 0. The molecule has 2 heterocycles. The van der Waals surface area contributed by atoms with Crippen LogP contribution in [0.5, 0.6) is 0 Å². The molecule has 1 N–H and O–H groups in total. The monoisotopic (exact) mass is 522 g/mol. The summed E-state index contributed by atoms with van der Waals surface area (Å²) in [5.41, 5.74) is 0.776. The summed E-state index contributed by atoms with van der Waals surface area (Å²) in [6.07, 6.45) is 3.84. The maximum atomic E-state index is 14.3. The van der Waals surface area contributed by atoms with Crippen molar-refractivity contribution < 1.29 is 18.4 Å². The van der Waals surface area contributed by atoms with Crippen LogP contribution in [0.4, 0.5) is 14.5 Å². The minimum absolute atomic E-state index is 0.0367. The van der Waals surface area contributed by atoms with Crippen LogP contribution < -0.4 is 10.2 Å². The van der Waals surface area contributed by atoms with E-state index in [0.29, 0.717) is 10.4 Å². The minimum Gasteiger partial charge on any atom is -0.351 e. The number of benzene rings is 2. The Kier molecular flexibility index (Phi) is 7.31. The number of nitrogens with zero attached hydrogens (tertiary/aromatic N) is 5. The van der Waals surface area contributed by atoms with Crippen LogP contribution in [0, 0.1) is 11.6 Å². The molecule has 11 heteroatoms. The molecule has 2 aromatic carbocycles. The number of thiophene rings is 1. The van der Waals surface area contributed by atoms with E-state index in [1.54, 1.807) is 18.2 Å². The Labute approximate surface area is 215 Å². The van der Waals surface area contributed by atoms with Gasteiger partial charge >= 0.3 is 0 Å². The van der Waals surface area contributed by atoms with Gasteiger partial charge in [-0.15, -0.1) is 21.5 Å². The van der Waals surface area contributed by atoms with Gasteiger partial charge in [-0.25, -0.2) is 8.78 Å². The highest BCUT2D eigenvalue weighted by molar-refractivity contribution is 7.10. The van der Waals surface area contributed by atoms with E-state index >= 15 is 0 Å². The smallest absolute Gasteiger partial charge is 0.251 e. The molecule has 0 unspecified atom stereocenters. The molecule has 2 aromatic heterocycles. The lowest BCUT2D eigenvalue weighted by Crippen LogP contribution is -2.47. The van der Waals surface area contributed by atoms with Crippen molar-refractivity contribution in [1.29, 1.82) is 0 Å². The molecule has 1 aliphatic rings. The number of carbonyl (C=O) groups excluding carboxylic acids is 2. The predicted molar refractivity (Wildman–Crippen MR) is 135 cm³/mol. The number of carbonyl (C=O) groups is 2. The first-order valence-corrected chi connectivity index (χ1v) is 12.8. The number of anilines is 1. The van der Waals surface area contributed by atoms with Crippen molar-refractivity contribution in [2.75, 3.05) is 4.90 Å². The molecule has 5 rings (SSSR count). The normalized spacial score (nSPS) is 14.4. The lowest BCUT2D eigenvalue weighted by Gasteiger charge is -2.31. The van der Waals surface area contributed by atoms with E-state index < -0.39 is 23.6 Å². The number of nitrogens with one attached hydrogen (secondary N) is 1. The van der Waals surface area contributed by atoms with Crippen molar-refractivity contribution in [3.63, 3.8) is 0 Å². The highest BCUT2D eigenvalue weighted by Crippen LogP contribution is 2.32. The Balaban J connectivity index is 1.47. The van der Waals surface area contributed by atoms with Gasteiger partial charge in [-0.05, 0) is 72.0 Å². The maximum Gasteiger partial charge on any atom is 0.251 e. The van der Waals surface area contributed by atoms with Crippen LogP contribution in [0.3, 0.4) is 0 Å². The van der Waals surface area contributed by atoms with Crippen LogP contribution in [0.1, 0.15) is 36.6 Å². The Morgan fingerprint density at radius 2 is 1.84 bits per heavy atom. The molecule has 1 aliphatic carbocycles. The summed E-state index contributed by atoms with van der Waals surface area (Å²) in [4.78, 5) is 30.4. The zero-order chi connectivity index (χ0) is 25.8. The minimum atomic E-state index is -1.00. The van der Waals surface area contributed by atoms with E-state index in [9.17, 15) is 18.4 Å². The second-order valence-electron chi connectivity index (χ2n) is 8.80. The molecule has 4 aromatic rings. The lowest BCUT2D eigenvalue weighted by molar-refractivity contribution is -0.127. The first kappa shape index (κ1) is 24.7. The molecule has 0 spiro atoms. The fourth-order valence-electron chi connectivity index (χ4n) is 4.46. The summed E-state index contributed by atoms with van der Waals surface area (Å²) in [5.74, 6) is -1.56. The summed E-state index contributed by atoms with van der Waals surface area (Å²) in [5, 5.41) is 17.1. The number of hydrogen-bond donors (Lipinski definition) is 1. The Morgan fingerprint density at radius 3 is 2.54 bits per heavy atom. The van der Waals surface area contributed by atoms with Gasteiger partial charge in [0.05, 0.1) is 0 Å². The molecule has 2 amide bonds. The number of amides is 2. The van der Waals surface area contributed by atoms with Gasteiger partial charge in [-0.3, -0.25) is 14.5 Å². The molecule has 0 bridgehead atoms. The number of rotatable bonds is 8. The number of hydrogen-bond acceptors (Lipinski definition) is 6. The van der Waals surface area contributed by atoms with Crippen molar-refractivity contribution in [2.24, 2.45) is 0 Å². The van der Waals surface area contributed by atoms with Gasteiger partial charge in [0.1, 0.15) is 24.2 Å². The van der Waals surface area contributed by atoms with Crippen LogP contribution in [-0.2, 0) is 16.1 Å². The first-order valence-electron chi connectivity index (χ1n) is 11.9. The molecule has 1 atom stereocenters. The van der Waals surface area contributed by atoms with Gasteiger partial charge in [-0.2, -0.15) is 4.80 Å². The van der Waals surface area contributed by atoms with E-state index in [1.807, 2.05) is 5.38 Å². The predicted octanol–water partition coefficient (Wildman–Crippen LogP) is 4.51. The van der Waals surface area contributed by atoms with Crippen LogP contribution in [0.15, 0.2) is 66.0 Å². The summed E-state index contributed by atoms with van der Waals surface area (Å²) in [6.45, 7) is -0.344. The SMILES string of the molecule is O=C(NC1CCCC1)[C@H](c1cccs1)N(C(=O)Cn1nnc(-c2ccc(F)cc2)n1)c1cccc(F)c1. The van der Waals surface area contributed by atoms with E-state index in [-0.39, 0.29) is 30.0 Å². The standard InChI is InChI=1S/C26H24F2N6O2S/c27-18-12-10-17(11-13-18)25-30-32-33(31-25)16-23(35)34(21-8-3-5-19(28)15-21)24(22-9-4-14-37-22)26(36)29-20-6-1-2-7-20/h3-5,8-15,20,24H,1-2,6-7,16H2,(H,29,36)/t24-/m0/s1. The van der Waals surface area contributed by atoms with Crippen molar-refractivity contribution in [2.45, 2.75) is 44.3 Å². The highest BCUT2D eigenvalue weighted by Gasteiger charge is 2.35. The van der Waals surface area contributed by atoms with Crippen LogP contribution in [0.2, 0.25) is 0 Å². The third-order valence-electron chi connectivity index (χ3n) is 6.21. The van der Waals surface area contributed by atoms with Crippen molar-refractivity contribution in [3.05, 3.63) is 82.6 Å². The molecule has 0 aliphatic heterocycles. The molecule has 8 nitrogen and oxygen atoms in total. The second-order valence-corrected chi connectivity index (χ2v) is 9.78. The number of halogens is 2. The molecule has 190 valence electrons. The second kappa shape index (κ2) is 11.0. The van der Waals surface area contributed by atoms with E-state index in [0.717, 1.165) is 30.5 Å². The van der Waals surface area contributed by atoms with Crippen molar-refractivity contribution in [3.8, 4) is 11.4 Å². The van der Waals surface area contributed by atoms with Gasteiger partial charge in [-0.1, -0.05) is 25.0 Å². The number of tetrazole rings is 1. The van der Waals surface area contributed by atoms with Gasteiger partial charge in [0, 0.05) is 22.2 Å². The summed E-state index contributed by atoms with van der Waals surface area (Å²) in [6, 6.07) is 13.8. The van der Waals surface area contributed by atoms with Crippen LogP contribution in [-0.4, -0.2) is 38.1 Å². The highest BCUT2D eigenvalue weighted by atomic mass is 32.1. The largest absolute Gasteiger partial charge is 0.351 e. The summed E-state index contributed by atoms with van der Waals surface area (Å²) < 4.78 is 27.5. The zero-order valence-electron chi connectivity index (χ0n) is 19.8. The average Bonchev–Trinajstić information content (AvgIpc) is 3.66. The number of aromatic nitrogens is 4.